The maximum absolute atomic E-state index is 9.75. The molecule has 0 unspecified atom stereocenters. The summed E-state index contributed by atoms with van der Waals surface area (Å²) in [6.45, 7) is 0.442. The first-order valence-corrected chi connectivity index (χ1v) is 4.92. The third-order valence-electron chi connectivity index (χ3n) is 1.75. The van der Waals surface area contributed by atoms with Crippen molar-refractivity contribution < 1.29 is 9.84 Å². The van der Waals surface area contributed by atoms with Crippen molar-refractivity contribution in [3.63, 3.8) is 0 Å². The van der Waals surface area contributed by atoms with E-state index < -0.39 is 0 Å². The molecular weight excluding hydrogens is 246 g/mol. The van der Waals surface area contributed by atoms with E-state index in [0.29, 0.717) is 17.9 Å². The molecule has 3 N–H and O–H groups in total. The third kappa shape index (κ3) is 2.27. The first-order chi connectivity index (χ1) is 6.70. The molecule has 0 atom stereocenters. The molecule has 0 radical (unpaired) electrons. The van der Waals surface area contributed by atoms with Crippen LogP contribution in [0.3, 0.4) is 0 Å². The number of hydrogen-bond acceptors (Lipinski definition) is 3. The maximum Gasteiger partial charge on any atom is 0.175 e. The number of hydrogen-bond donors (Lipinski definition) is 2. The van der Waals surface area contributed by atoms with Gasteiger partial charge in [-0.1, -0.05) is 12.2 Å². The summed E-state index contributed by atoms with van der Waals surface area (Å²) in [4.78, 5) is 0. The number of halogens is 1. The van der Waals surface area contributed by atoms with Gasteiger partial charge in [-0.15, -0.1) is 0 Å². The largest absolute Gasteiger partial charge is 0.504 e. The minimum Gasteiger partial charge on any atom is -0.504 e. The molecule has 76 valence electrons. The van der Waals surface area contributed by atoms with Gasteiger partial charge in [0.15, 0.2) is 11.5 Å². The third-order valence-corrected chi connectivity index (χ3v) is 2.38. The maximum atomic E-state index is 9.75. The standard InChI is InChI=1S/C10H12BrNO2/c1-14-10-8(11)5-4-7(9(10)13)3-2-6-12/h2-5,13H,6,12H2,1H3/b3-2+. The van der Waals surface area contributed by atoms with Crippen molar-refractivity contribution in [1.29, 1.82) is 0 Å². The van der Waals surface area contributed by atoms with Crippen molar-refractivity contribution in [2.24, 2.45) is 5.73 Å². The second-order valence-corrected chi connectivity index (χ2v) is 3.51. The number of aromatic hydroxyl groups is 1. The normalized spacial score (nSPS) is 10.8. The zero-order valence-electron chi connectivity index (χ0n) is 7.83. The molecule has 0 amide bonds. The van der Waals surface area contributed by atoms with Gasteiger partial charge in [-0.3, -0.25) is 0 Å². The molecule has 0 saturated heterocycles. The van der Waals surface area contributed by atoms with E-state index in [1.807, 2.05) is 6.07 Å². The number of methoxy groups -OCH3 is 1. The Hall–Kier alpha value is -1.00. The van der Waals surface area contributed by atoms with Crippen molar-refractivity contribution in [2.75, 3.05) is 13.7 Å². The van der Waals surface area contributed by atoms with Gasteiger partial charge in [0.2, 0.25) is 0 Å². The fraction of sp³-hybridized carbons (Fsp3) is 0.200. The van der Waals surface area contributed by atoms with Gasteiger partial charge >= 0.3 is 0 Å². The van der Waals surface area contributed by atoms with Crippen molar-refractivity contribution in [2.45, 2.75) is 0 Å². The van der Waals surface area contributed by atoms with Crippen LogP contribution in [0.5, 0.6) is 11.5 Å². The van der Waals surface area contributed by atoms with Gasteiger partial charge in [0.25, 0.3) is 0 Å². The number of phenolic OH excluding ortho intramolecular Hbond substituents is 1. The van der Waals surface area contributed by atoms with Crippen molar-refractivity contribution in [3.05, 3.63) is 28.2 Å². The fourth-order valence-electron chi connectivity index (χ4n) is 1.09. The van der Waals surface area contributed by atoms with Crippen LogP contribution in [0.25, 0.3) is 6.08 Å². The number of ether oxygens (including phenoxy) is 1. The molecule has 3 nitrogen and oxygen atoms in total. The fourth-order valence-corrected chi connectivity index (χ4v) is 1.57. The predicted octanol–water partition coefficient (Wildman–Crippen LogP) is 2.14. The molecule has 0 bridgehead atoms. The van der Waals surface area contributed by atoms with Crippen molar-refractivity contribution in [1.82, 2.24) is 0 Å². The van der Waals surface area contributed by atoms with Gasteiger partial charge < -0.3 is 15.6 Å². The second kappa shape index (κ2) is 5.02. The van der Waals surface area contributed by atoms with E-state index in [1.54, 1.807) is 18.2 Å². The Bertz CT molecular complexity index is 350. The van der Waals surface area contributed by atoms with Crippen LogP contribution in [0.15, 0.2) is 22.7 Å². The summed E-state index contributed by atoms with van der Waals surface area (Å²) < 4.78 is 5.76. The first-order valence-electron chi connectivity index (χ1n) is 4.12. The van der Waals surface area contributed by atoms with E-state index in [-0.39, 0.29) is 5.75 Å². The Morgan fingerprint density at radius 3 is 2.86 bits per heavy atom. The zero-order valence-corrected chi connectivity index (χ0v) is 9.41. The molecule has 14 heavy (non-hydrogen) atoms. The summed E-state index contributed by atoms with van der Waals surface area (Å²) in [5.41, 5.74) is 6.01. The average Bonchev–Trinajstić information content (AvgIpc) is 2.18. The van der Waals surface area contributed by atoms with Gasteiger partial charge in [-0.25, -0.2) is 0 Å². The lowest BCUT2D eigenvalue weighted by molar-refractivity contribution is 0.370. The number of benzene rings is 1. The quantitative estimate of drug-likeness (QED) is 0.873. The Labute approximate surface area is 91.3 Å². The zero-order chi connectivity index (χ0) is 10.6. The SMILES string of the molecule is COc1c(Br)ccc(/C=C/CN)c1O. The number of nitrogens with two attached hydrogens (primary N) is 1. The summed E-state index contributed by atoms with van der Waals surface area (Å²) in [6.07, 6.45) is 3.52. The molecule has 0 spiro atoms. The second-order valence-electron chi connectivity index (χ2n) is 2.66. The van der Waals surface area contributed by atoms with Crippen LogP contribution in [0.4, 0.5) is 0 Å². The smallest absolute Gasteiger partial charge is 0.175 e. The highest BCUT2D eigenvalue weighted by molar-refractivity contribution is 9.10. The monoisotopic (exact) mass is 257 g/mol. The van der Waals surface area contributed by atoms with Crippen LogP contribution in [0, 0.1) is 0 Å². The average molecular weight is 258 g/mol. The van der Waals surface area contributed by atoms with Gasteiger partial charge in [0, 0.05) is 12.1 Å². The van der Waals surface area contributed by atoms with Crippen LogP contribution in [-0.2, 0) is 0 Å². The van der Waals surface area contributed by atoms with Gasteiger partial charge in [-0.2, -0.15) is 0 Å². The summed E-state index contributed by atoms with van der Waals surface area (Å²) in [6, 6.07) is 3.60. The van der Waals surface area contributed by atoms with Crippen LogP contribution < -0.4 is 10.5 Å². The molecule has 0 aliphatic rings. The minimum absolute atomic E-state index is 0.117. The molecule has 0 aromatic heterocycles. The minimum atomic E-state index is 0.117. The van der Waals surface area contributed by atoms with Crippen LogP contribution in [-0.4, -0.2) is 18.8 Å². The lowest BCUT2D eigenvalue weighted by Crippen LogP contribution is -1.92. The number of rotatable bonds is 3. The van der Waals surface area contributed by atoms with E-state index in [0.717, 1.165) is 4.47 Å². The topological polar surface area (TPSA) is 55.5 Å². The lowest BCUT2D eigenvalue weighted by atomic mass is 10.1. The lowest BCUT2D eigenvalue weighted by Gasteiger charge is -2.07. The van der Waals surface area contributed by atoms with E-state index in [4.69, 9.17) is 10.5 Å². The highest BCUT2D eigenvalue weighted by Gasteiger charge is 2.09. The molecule has 0 aliphatic carbocycles. The molecule has 0 fully saturated rings. The summed E-state index contributed by atoms with van der Waals surface area (Å²) in [5, 5.41) is 9.75. The Morgan fingerprint density at radius 1 is 1.57 bits per heavy atom. The molecule has 1 aromatic rings. The summed E-state index contributed by atoms with van der Waals surface area (Å²) in [5.74, 6) is 0.552. The highest BCUT2D eigenvalue weighted by atomic mass is 79.9. The number of phenols is 1. The van der Waals surface area contributed by atoms with E-state index in [1.165, 1.54) is 7.11 Å². The molecule has 0 aliphatic heterocycles. The summed E-state index contributed by atoms with van der Waals surface area (Å²) in [7, 11) is 1.51. The molecular formula is C10H12BrNO2. The van der Waals surface area contributed by atoms with E-state index in [9.17, 15) is 5.11 Å². The van der Waals surface area contributed by atoms with Gasteiger partial charge in [0.05, 0.1) is 11.6 Å². The van der Waals surface area contributed by atoms with Gasteiger partial charge in [-0.05, 0) is 28.1 Å². The predicted molar refractivity (Wildman–Crippen MR) is 60.4 cm³/mol. The van der Waals surface area contributed by atoms with Crippen LogP contribution >= 0.6 is 15.9 Å². The molecule has 4 heteroatoms. The van der Waals surface area contributed by atoms with E-state index >= 15 is 0 Å². The molecule has 1 rings (SSSR count). The molecule has 0 heterocycles. The van der Waals surface area contributed by atoms with Gasteiger partial charge in [0.1, 0.15) is 0 Å². The first kappa shape index (κ1) is 11.1. The van der Waals surface area contributed by atoms with Crippen molar-refractivity contribution >= 4 is 22.0 Å². The van der Waals surface area contributed by atoms with E-state index in [2.05, 4.69) is 15.9 Å². The molecule has 0 saturated carbocycles. The Morgan fingerprint density at radius 2 is 2.29 bits per heavy atom. The Kier molecular flexibility index (Phi) is 3.98. The Balaban J connectivity index is 3.14. The van der Waals surface area contributed by atoms with Crippen LogP contribution in [0.2, 0.25) is 0 Å². The summed E-state index contributed by atoms with van der Waals surface area (Å²) >= 11 is 3.28. The van der Waals surface area contributed by atoms with Crippen molar-refractivity contribution in [3.8, 4) is 11.5 Å². The molecule has 1 aromatic carbocycles. The van der Waals surface area contributed by atoms with Crippen LogP contribution in [0.1, 0.15) is 5.56 Å². The highest BCUT2D eigenvalue weighted by Crippen LogP contribution is 2.37.